The van der Waals surface area contributed by atoms with Crippen LogP contribution in [0.15, 0.2) is 16.8 Å². The van der Waals surface area contributed by atoms with E-state index in [0.717, 1.165) is 12.2 Å². The summed E-state index contributed by atoms with van der Waals surface area (Å²) in [5.74, 6) is 0.966. The largest absolute Gasteiger partial charge is 0.332 e. The summed E-state index contributed by atoms with van der Waals surface area (Å²) in [4.78, 5) is 4.12. The molecule has 0 aliphatic carbocycles. The van der Waals surface area contributed by atoms with Crippen LogP contribution in [0, 0.1) is 0 Å². The zero-order valence-corrected chi connectivity index (χ0v) is 7.84. The van der Waals surface area contributed by atoms with Gasteiger partial charge in [0.15, 0.2) is 5.82 Å². The monoisotopic (exact) mass is 193 g/mol. The van der Waals surface area contributed by atoms with E-state index in [0.29, 0.717) is 11.7 Å². The highest BCUT2D eigenvalue weighted by atomic mass is 16.5. The molecule has 0 spiro atoms. The molecule has 0 unspecified atom stereocenters. The predicted molar refractivity (Wildman–Crippen MR) is 49.1 cm³/mol. The van der Waals surface area contributed by atoms with Gasteiger partial charge in [0, 0.05) is 12.7 Å². The van der Waals surface area contributed by atoms with Gasteiger partial charge >= 0.3 is 0 Å². The lowest BCUT2D eigenvalue weighted by Gasteiger charge is -1.97. The van der Waals surface area contributed by atoms with Gasteiger partial charge in [0.2, 0.25) is 0 Å². The summed E-state index contributed by atoms with van der Waals surface area (Å²) in [7, 11) is 0. The van der Waals surface area contributed by atoms with E-state index in [1.807, 2.05) is 13.0 Å². The Hall–Kier alpha value is -1.69. The Morgan fingerprint density at radius 3 is 3.07 bits per heavy atom. The molecule has 14 heavy (non-hydrogen) atoms. The highest BCUT2D eigenvalue weighted by Crippen LogP contribution is 2.15. The van der Waals surface area contributed by atoms with E-state index in [-0.39, 0.29) is 6.54 Å². The molecule has 0 amide bonds. The highest BCUT2D eigenvalue weighted by molar-refractivity contribution is 5.45. The Morgan fingerprint density at radius 2 is 2.43 bits per heavy atom. The van der Waals surface area contributed by atoms with Crippen LogP contribution in [-0.4, -0.2) is 19.9 Å². The summed E-state index contributed by atoms with van der Waals surface area (Å²) in [6.07, 6.45) is 1.70. The predicted octanol–water partition coefficient (Wildman–Crippen LogP) is 0.412. The first-order valence-electron chi connectivity index (χ1n) is 4.40. The van der Waals surface area contributed by atoms with Gasteiger partial charge in [0.25, 0.3) is 5.89 Å². The molecule has 0 radical (unpaired) electrons. The highest BCUT2D eigenvalue weighted by Gasteiger charge is 2.11. The van der Waals surface area contributed by atoms with Crippen molar-refractivity contribution in [1.82, 2.24) is 19.9 Å². The Morgan fingerprint density at radius 1 is 1.57 bits per heavy atom. The first kappa shape index (κ1) is 8.89. The lowest BCUT2D eigenvalue weighted by Crippen LogP contribution is -2.00. The van der Waals surface area contributed by atoms with Crippen LogP contribution in [0.1, 0.15) is 12.7 Å². The molecule has 2 aromatic heterocycles. The maximum atomic E-state index is 5.38. The summed E-state index contributed by atoms with van der Waals surface area (Å²) in [6, 6.07) is 1.83. The van der Waals surface area contributed by atoms with Crippen molar-refractivity contribution in [3.8, 4) is 11.6 Å². The second-order valence-corrected chi connectivity index (χ2v) is 2.75. The smallest absolute Gasteiger partial charge is 0.276 e. The number of hydrogen-bond acceptors (Lipinski definition) is 5. The molecule has 0 atom stereocenters. The lowest BCUT2D eigenvalue weighted by molar-refractivity contribution is 0.418. The molecule has 6 nitrogen and oxygen atoms in total. The average molecular weight is 193 g/mol. The number of nitrogens with two attached hydrogens (primary N) is 1. The lowest BCUT2D eigenvalue weighted by atomic mass is 10.4. The zero-order valence-electron chi connectivity index (χ0n) is 7.84. The van der Waals surface area contributed by atoms with Crippen LogP contribution in [-0.2, 0) is 13.1 Å². The van der Waals surface area contributed by atoms with Crippen molar-refractivity contribution in [2.24, 2.45) is 5.73 Å². The molecule has 0 aliphatic rings. The number of hydrogen-bond donors (Lipinski definition) is 1. The van der Waals surface area contributed by atoms with E-state index >= 15 is 0 Å². The number of rotatable bonds is 3. The van der Waals surface area contributed by atoms with Crippen molar-refractivity contribution in [3.63, 3.8) is 0 Å². The van der Waals surface area contributed by atoms with Crippen molar-refractivity contribution in [2.75, 3.05) is 0 Å². The minimum Gasteiger partial charge on any atom is -0.332 e. The van der Waals surface area contributed by atoms with Crippen LogP contribution in [0.5, 0.6) is 0 Å². The summed E-state index contributed by atoms with van der Waals surface area (Å²) < 4.78 is 6.83. The fraction of sp³-hybridized carbons (Fsp3) is 0.375. The van der Waals surface area contributed by atoms with Crippen LogP contribution in [0.25, 0.3) is 11.6 Å². The van der Waals surface area contributed by atoms with Gasteiger partial charge in [-0.25, -0.2) is 0 Å². The van der Waals surface area contributed by atoms with E-state index in [9.17, 15) is 0 Å². The Labute approximate surface area is 80.7 Å². The zero-order chi connectivity index (χ0) is 9.97. The molecule has 0 aliphatic heterocycles. The third kappa shape index (κ3) is 1.39. The minimum atomic E-state index is 0.282. The van der Waals surface area contributed by atoms with Crippen LogP contribution in [0.4, 0.5) is 0 Å². The van der Waals surface area contributed by atoms with Crippen molar-refractivity contribution < 1.29 is 4.52 Å². The Balaban J connectivity index is 2.38. The van der Waals surface area contributed by atoms with Crippen molar-refractivity contribution in [3.05, 3.63) is 18.1 Å². The van der Waals surface area contributed by atoms with E-state index in [4.69, 9.17) is 10.3 Å². The molecule has 2 heterocycles. The normalized spacial score (nSPS) is 10.7. The van der Waals surface area contributed by atoms with E-state index in [1.54, 1.807) is 10.9 Å². The van der Waals surface area contributed by atoms with Gasteiger partial charge in [-0.05, 0) is 13.0 Å². The molecule has 0 saturated heterocycles. The summed E-state index contributed by atoms with van der Waals surface area (Å²) in [5, 5.41) is 7.82. The Kier molecular flexibility index (Phi) is 2.28. The molecule has 0 bridgehead atoms. The molecule has 74 valence electrons. The van der Waals surface area contributed by atoms with E-state index in [1.165, 1.54) is 0 Å². The van der Waals surface area contributed by atoms with Crippen LogP contribution in [0.3, 0.4) is 0 Å². The van der Waals surface area contributed by atoms with Gasteiger partial charge in [-0.15, -0.1) is 0 Å². The molecule has 2 rings (SSSR count). The molecule has 0 aromatic carbocycles. The molecule has 2 aromatic rings. The van der Waals surface area contributed by atoms with Crippen molar-refractivity contribution in [2.45, 2.75) is 20.0 Å². The molecule has 2 N–H and O–H groups in total. The molecule has 0 saturated carbocycles. The summed E-state index contributed by atoms with van der Waals surface area (Å²) in [6.45, 7) is 3.04. The number of aromatic nitrogens is 4. The Bertz CT molecular complexity index is 419. The van der Waals surface area contributed by atoms with Crippen molar-refractivity contribution >= 4 is 0 Å². The molecule has 6 heteroatoms. The van der Waals surface area contributed by atoms with Gasteiger partial charge in [-0.3, -0.25) is 4.68 Å². The van der Waals surface area contributed by atoms with Crippen LogP contribution < -0.4 is 5.73 Å². The standard InChI is InChI=1S/C8H11N5O/c1-2-13-6(3-4-10-13)8-11-7(5-9)12-14-8/h3-4H,2,5,9H2,1H3. The maximum absolute atomic E-state index is 5.38. The SMILES string of the molecule is CCn1nccc1-c1nc(CN)no1. The van der Waals surface area contributed by atoms with E-state index in [2.05, 4.69) is 15.2 Å². The molecular formula is C8H11N5O. The van der Waals surface area contributed by atoms with Gasteiger partial charge in [0.1, 0.15) is 5.69 Å². The van der Waals surface area contributed by atoms with E-state index < -0.39 is 0 Å². The average Bonchev–Trinajstić information content (AvgIpc) is 2.85. The van der Waals surface area contributed by atoms with Gasteiger partial charge in [-0.1, -0.05) is 5.16 Å². The summed E-state index contributed by atoms with van der Waals surface area (Å²) in [5.41, 5.74) is 6.20. The third-order valence-electron chi connectivity index (χ3n) is 1.89. The van der Waals surface area contributed by atoms with Crippen LogP contribution in [0.2, 0.25) is 0 Å². The van der Waals surface area contributed by atoms with Gasteiger partial charge in [0.05, 0.1) is 6.54 Å². The third-order valence-corrected chi connectivity index (χ3v) is 1.89. The second-order valence-electron chi connectivity index (χ2n) is 2.75. The minimum absolute atomic E-state index is 0.282. The topological polar surface area (TPSA) is 82.8 Å². The quantitative estimate of drug-likeness (QED) is 0.763. The van der Waals surface area contributed by atoms with Gasteiger partial charge < -0.3 is 10.3 Å². The molecule has 0 fully saturated rings. The maximum Gasteiger partial charge on any atom is 0.276 e. The van der Waals surface area contributed by atoms with Crippen LogP contribution >= 0.6 is 0 Å². The van der Waals surface area contributed by atoms with Gasteiger partial charge in [-0.2, -0.15) is 10.1 Å². The first-order valence-corrected chi connectivity index (χ1v) is 4.40. The second kappa shape index (κ2) is 3.59. The fourth-order valence-electron chi connectivity index (χ4n) is 1.21. The molecular weight excluding hydrogens is 182 g/mol. The summed E-state index contributed by atoms with van der Waals surface area (Å²) >= 11 is 0. The first-order chi connectivity index (χ1) is 6.85. The fourth-order valence-corrected chi connectivity index (χ4v) is 1.21. The van der Waals surface area contributed by atoms with Crippen molar-refractivity contribution in [1.29, 1.82) is 0 Å². The number of nitrogens with zero attached hydrogens (tertiary/aromatic N) is 4. The number of aryl methyl sites for hydroxylation is 1.